The molecule has 3 aromatic rings. The molecular weight excluding hydrogens is 522 g/mol. The Morgan fingerprint density at radius 3 is 2.00 bits per heavy atom. The van der Waals surface area contributed by atoms with E-state index in [9.17, 15) is 19.2 Å². The number of amides is 4. The van der Waals surface area contributed by atoms with Crippen LogP contribution in [-0.4, -0.2) is 57.5 Å². The number of esters is 1. The van der Waals surface area contributed by atoms with E-state index in [0.717, 1.165) is 16.0 Å². The molecule has 0 bridgehead atoms. The molecule has 4 amide bonds. The zero-order chi connectivity index (χ0) is 29.2. The Hall–Kier alpha value is -4.66. The van der Waals surface area contributed by atoms with Crippen LogP contribution in [0.25, 0.3) is 0 Å². The summed E-state index contributed by atoms with van der Waals surface area (Å²) in [4.78, 5) is 59.1. The lowest BCUT2D eigenvalue weighted by molar-refractivity contribution is -0.159. The summed E-state index contributed by atoms with van der Waals surface area (Å²) in [6, 6.07) is 25.5. The van der Waals surface area contributed by atoms with E-state index in [1.807, 2.05) is 60.7 Å². The molecule has 2 heterocycles. The third kappa shape index (κ3) is 5.66. The summed E-state index contributed by atoms with van der Waals surface area (Å²) in [5.41, 5.74) is -0.340. The number of rotatable bonds is 6. The maximum atomic E-state index is 14.3. The number of benzene rings is 3. The van der Waals surface area contributed by atoms with Gasteiger partial charge in [-0.15, -0.1) is 0 Å². The molecular formula is C32H33N3O6. The second-order valence-electron chi connectivity index (χ2n) is 11.3. The Morgan fingerprint density at radius 1 is 0.854 bits per heavy atom. The van der Waals surface area contributed by atoms with Crippen LogP contribution in [0.2, 0.25) is 0 Å². The average molecular weight is 556 g/mol. The molecule has 41 heavy (non-hydrogen) atoms. The minimum absolute atomic E-state index is 0.0129. The first kappa shape index (κ1) is 27.9. The maximum Gasteiger partial charge on any atom is 0.410 e. The fourth-order valence-corrected chi connectivity index (χ4v) is 5.32. The second-order valence-corrected chi connectivity index (χ2v) is 11.3. The molecule has 0 N–H and O–H groups in total. The third-order valence-electron chi connectivity index (χ3n) is 7.20. The van der Waals surface area contributed by atoms with E-state index >= 15 is 0 Å². The Kier molecular flexibility index (Phi) is 7.53. The van der Waals surface area contributed by atoms with Crippen LogP contribution in [0, 0.1) is 0 Å². The van der Waals surface area contributed by atoms with Crippen LogP contribution in [0.15, 0.2) is 91.0 Å². The van der Waals surface area contributed by atoms with E-state index in [2.05, 4.69) is 0 Å². The molecule has 2 atom stereocenters. The molecule has 0 saturated carbocycles. The number of para-hydroxylation sites is 1. The van der Waals surface area contributed by atoms with Gasteiger partial charge in [0, 0.05) is 13.0 Å². The molecule has 2 fully saturated rings. The first-order valence-corrected chi connectivity index (χ1v) is 13.5. The lowest BCUT2D eigenvalue weighted by atomic mass is 9.93. The van der Waals surface area contributed by atoms with Crippen molar-refractivity contribution >= 4 is 29.7 Å². The van der Waals surface area contributed by atoms with Crippen molar-refractivity contribution in [1.29, 1.82) is 0 Å². The topological polar surface area (TPSA) is 96.5 Å². The standard InChI is InChI=1S/C32H33N3O6/c1-31(2,3)41-27(36)26-19-32(22-33(26)30(39)40-21-24-15-9-5-10-16-24)28(37)35(25-17-11-6-12-18-25)29(38)34(32)20-23-13-7-4-8-14-23/h4-18,26H,19-22H2,1-3H3/t26-,32+/m0/s1. The largest absolute Gasteiger partial charge is 0.458 e. The predicted octanol–water partition coefficient (Wildman–Crippen LogP) is 5.15. The molecule has 0 unspecified atom stereocenters. The number of nitrogens with zero attached hydrogens (tertiary/aromatic N) is 3. The van der Waals surface area contributed by atoms with E-state index < -0.39 is 41.2 Å². The number of imide groups is 1. The lowest BCUT2D eigenvalue weighted by Gasteiger charge is -2.31. The van der Waals surface area contributed by atoms with Crippen LogP contribution in [-0.2, 0) is 32.2 Å². The van der Waals surface area contributed by atoms with Crippen LogP contribution in [0.5, 0.6) is 0 Å². The van der Waals surface area contributed by atoms with Crippen molar-refractivity contribution < 1.29 is 28.7 Å². The van der Waals surface area contributed by atoms with Crippen molar-refractivity contribution in [1.82, 2.24) is 9.80 Å². The van der Waals surface area contributed by atoms with Crippen LogP contribution in [0.1, 0.15) is 38.3 Å². The second kappa shape index (κ2) is 11.1. The number of ether oxygens (including phenoxy) is 2. The first-order valence-electron chi connectivity index (χ1n) is 13.5. The molecule has 212 valence electrons. The fourth-order valence-electron chi connectivity index (χ4n) is 5.32. The summed E-state index contributed by atoms with van der Waals surface area (Å²) < 4.78 is 11.3. The van der Waals surface area contributed by atoms with Gasteiger partial charge in [-0.25, -0.2) is 19.3 Å². The van der Waals surface area contributed by atoms with Gasteiger partial charge in [0.1, 0.15) is 23.8 Å². The monoisotopic (exact) mass is 555 g/mol. The van der Waals surface area contributed by atoms with Gasteiger partial charge in [-0.1, -0.05) is 78.9 Å². The highest BCUT2D eigenvalue weighted by Gasteiger charge is 2.65. The third-order valence-corrected chi connectivity index (χ3v) is 7.20. The number of hydrogen-bond donors (Lipinski definition) is 0. The van der Waals surface area contributed by atoms with Crippen LogP contribution >= 0.6 is 0 Å². The van der Waals surface area contributed by atoms with Gasteiger partial charge >= 0.3 is 18.1 Å². The number of hydrogen-bond acceptors (Lipinski definition) is 6. The van der Waals surface area contributed by atoms with Crippen molar-refractivity contribution in [2.45, 2.75) is 57.5 Å². The Morgan fingerprint density at radius 2 is 1.41 bits per heavy atom. The van der Waals surface area contributed by atoms with Gasteiger partial charge in [-0.05, 0) is 44.0 Å². The highest BCUT2D eigenvalue weighted by molar-refractivity contribution is 6.23. The van der Waals surface area contributed by atoms with E-state index in [4.69, 9.17) is 9.47 Å². The van der Waals surface area contributed by atoms with E-state index in [1.54, 1.807) is 51.1 Å². The summed E-state index contributed by atoms with van der Waals surface area (Å²) in [7, 11) is 0. The zero-order valence-corrected chi connectivity index (χ0v) is 23.4. The van der Waals surface area contributed by atoms with Crippen LogP contribution in [0.3, 0.4) is 0 Å². The molecule has 5 rings (SSSR count). The van der Waals surface area contributed by atoms with Crippen molar-refractivity contribution in [2.24, 2.45) is 0 Å². The Balaban J connectivity index is 1.53. The highest BCUT2D eigenvalue weighted by Crippen LogP contribution is 2.43. The number of carbonyl (C=O) groups is 4. The zero-order valence-electron chi connectivity index (χ0n) is 23.4. The van der Waals surface area contributed by atoms with Gasteiger partial charge in [-0.2, -0.15) is 0 Å². The molecule has 0 aliphatic carbocycles. The van der Waals surface area contributed by atoms with Crippen LogP contribution < -0.4 is 4.90 Å². The minimum Gasteiger partial charge on any atom is -0.458 e. The van der Waals surface area contributed by atoms with Crippen molar-refractivity contribution in [3.05, 3.63) is 102 Å². The number of anilines is 1. The molecule has 0 radical (unpaired) electrons. The summed E-state index contributed by atoms with van der Waals surface area (Å²) in [6.07, 6.45) is -0.886. The van der Waals surface area contributed by atoms with Crippen molar-refractivity contribution in [2.75, 3.05) is 11.4 Å². The van der Waals surface area contributed by atoms with Gasteiger partial charge in [0.15, 0.2) is 0 Å². The summed E-state index contributed by atoms with van der Waals surface area (Å²) in [5, 5.41) is 0. The molecule has 2 aliphatic heterocycles. The van der Waals surface area contributed by atoms with Gasteiger partial charge < -0.3 is 14.4 Å². The van der Waals surface area contributed by atoms with Gasteiger partial charge in [0.25, 0.3) is 5.91 Å². The van der Waals surface area contributed by atoms with Crippen molar-refractivity contribution in [3.8, 4) is 0 Å². The summed E-state index contributed by atoms with van der Waals surface area (Å²) in [5.74, 6) is -1.17. The summed E-state index contributed by atoms with van der Waals surface area (Å²) >= 11 is 0. The van der Waals surface area contributed by atoms with Gasteiger partial charge in [0.05, 0.1) is 12.2 Å². The maximum absolute atomic E-state index is 14.3. The van der Waals surface area contributed by atoms with Gasteiger partial charge in [-0.3, -0.25) is 9.69 Å². The normalized spacial score (nSPS) is 20.6. The predicted molar refractivity (Wildman–Crippen MR) is 152 cm³/mol. The molecule has 9 nitrogen and oxygen atoms in total. The summed E-state index contributed by atoms with van der Waals surface area (Å²) in [6.45, 7) is 5.08. The molecule has 0 aromatic heterocycles. The fraction of sp³-hybridized carbons (Fsp3) is 0.312. The molecule has 3 aromatic carbocycles. The minimum atomic E-state index is -1.50. The highest BCUT2D eigenvalue weighted by atomic mass is 16.6. The molecule has 2 aliphatic rings. The van der Waals surface area contributed by atoms with E-state index in [0.29, 0.717) is 5.69 Å². The number of carbonyl (C=O) groups excluding carboxylic acids is 4. The number of urea groups is 1. The van der Waals surface area contributed by atoms with E-state index in [1.165, 1.54) is 9.80 Å². The average Bonchev–Trinajstić information content (AvgIpc) is 3.45. The van der Waals surface area contributed by atoms with Crippen LogP contribution in [0.4, 0.5) is 15.3 Å². The Bertz CT molecular complexity index is 1420. The van der Waals surface area contributed by atoms with E-state index in [-0.39, 0.29) is 26.1 Å². The molecule has 1 spiro atoms. The molecule has 9 heteroatoms. The SMILES string of the molecule is CC(C)(C)OC(=O)[C@@H]1C[C@@]2(CN1C(=O)OCc1ccccc1)C(=O)N(c1ccccc1)C(=O)N2Cc1ccccc1. The van der Waals surface area contributed by atoms with Crippen molar-refractivity contribution in [3.63, 3.8) is 0 Å². The molecule has 2 saturated heterocycles. The number of likely N-dealkylation sites (tertiary alicyclic amines) is 1. The van der Waals surface area contributed by atoms with Gasteiger partial charge in [0.2, 0.25) is 0 Å². The quantitative estimate of drug-likeness (QED) is 0.309. The smallest absolute Gasteiger partial charge is 0.410 e. The Labute approximate surface area is 239 Å². The first-order chi connectivity index (χ1) is 19.6. The lowest BCUT2D eigenvalue weighted by Crippen LogP contribution is -2.52.